The first-order valence-electron chi connectivity index (χ1n) is 5.23. The van der Waals surface area contributed by atoms with Crippen molar-refractivity contribution in [3.05, 3.63) is 24.0 Å². The molecule has 2 atom stereocenters. The molecular formula is C11H13FN2O2S. The number of halogens is 1. The third-order valence-corrected chi connectivity index (χ3v) is 3.39. The minimum atomic E-state index is -0.924. The van der Waals surface area contributed by atoms with E-state index in [2.05, 4.69) is 10.6 Å². The molecule has 0 spiro atoms. The van der Waals surface area contributed by atoms with Gasteiger partial charge in [0, 0.05) is 22.8 Å². The van der Waals surface area contributed by atoms with Gasteiger partial charge in [-0.25, -0.2) is 4.39 Å². The Labute approximate surface area is 101 Å². The van der Waals surface area contributed by atoms with E-state index in [1.165, 1.54) is 12.1 Å². The van der Waals surface area contributed by atoms with Crippen molar-refractivity contribution in [3.63, 3.8) is 0 Å². The summed E-state index contributed by atoms with van der Waals surface area (Å²) in [4.78, 5) is 11.7. The van der Waals surface area contributed by atoms with E-state index < -0.39 is 16.8 Å². The first-order valence-corrected chi connectivity index (χ1v) is 6.96. The van der Waals surface area contributed by atoms with E-state index in [0.717, 1.165) is 0 Å². The zero-order valence-electron chi connectivity index (χ0n) is 9.33. The summed E-state index contributed by atoms with van der Waals surface area (Å²) < 4.78 is 23.9. The van der Waals surface area contributed by atoms with Gasteiger partial charge in [-0.15, -0.1) is 0 Å². The van der Waals surface area contributed by atoms with Crippen LogP contribution in [-0.2, 0) is 15.6 Å². The van der Waals surface area contributed by atoms with E-state index in [0.29, 0.717) is 23.5 Å². The first kappa shape index (κ1) is 12.0. The van der Waals surface area contributed by atoms with E-state index in [9.17, 15) is 13.4 Å². The Balaban J connectivity index is 2.13. The number of nitrogens with one attached hydrogen (secondary N) is 2. The Kier molecular flexibility index (Phi) is 3.42. The van der Waals surface area contributed by atoms with Crippen LogP contribution >= 0.6 is 0 Å². The van der Waals surface area contributed by atoms with Gasteiger partial charge in [0.1, 0.15) is 11.9 Å². The third-order valence-electron chi connectivity index (χ3n) is 2.58. The fourth-order valence-electron chi connectivity index (χ4n) is 1.71. The maximum atomic E-state index is 13.0. The van der Waals surface area contributed by atoms with Gasteiger partial charge in [-0.1, -0.05) is 0 Å². The Morgan fingerprint density at radius 2 is 2.18 bits per heavy atom. The molecule has 2 unspecified atom stereocenters. The van der Waals surface area contributed by atoms with Crippen LogP contribution in [0.4, 0.5) is 15.8 Å². The fourth-order valence-corrected chi connectivity index (χ4v) is 2.27. The molecule has 0 bridgehead atoms. The summed E-state index contributed by atoms with van der Waals surface area (Å²) in [6.45, 7) is 0. The molecule has 0 fully saturated rings. The zero-order chi connectivity index (χ0) is 12.4. The first-order chi connectivity index (χ1) is 8.06. The average Bonchev–Trinajstić information content (AvgIpc) is 2.26. The number of anilines is 2. The highest BCUT2D eigenvalue weighted by molar-refractivity contribution is 7.84. The minimum absolute atomic E-state index is 0.214. The van der Waals surface area contributed by atoms with Crippen LogP contribution < -0.4 is 10.6 Å². The minimum Gasteiger partial charge on any atom is -0.372 e. The van der Waals surface area contributed by atoms with Crippen molar-refractivity contribution in [2.75, 3.05) is 22.6 Å². The number of hydrogen-bond donors (Lipinski definition) is 2. The summed E-state index contributed by atoms with van der Waals surface area (Å²) in [5.41, 5.74) is 1.14. The van der Waals surface area contributed by atoms with Crippen molar-refractivity contribution in [1.29, 1.82) is 0 Å². The molecular weight excluding hydrogens is 243 g/mol. The van der Waals surface area contributed by atoms with Gasteiger partial charge in [-0.2, -0.15) is 0 Å². The molecule has 6 heteroatoms. The highest BCUT2D eigenvalue weighted by Gasteiger charge is 2.25. The molecule has 1 aromatic carbocycles. The van der Waals surface area contributed by atoms with Crippen LogP contribution in [0.25, 0.3) is 0 Å². The quantitative estimate of drug-likeness (QED) is 0.857. The van der Waals surface area contributed by atoms with Crippen molar-refractivity contribution < 1.29 is 13.4 Å². The molecule has 0 saturated carbocycles. The molecule has 17 heavy (non-hydrogen) atoms. The summed E-state index contributed by atoms with van der Waals surface area (Å²) >= 11 is 0. The molecule has 92 valence electrons. The highest BCUT2D eigenvalue weighted by atomic mass is 32.2. The second kappa shape index (κ2) is 4.83. The van der Waals surface area contributed by atoms with Crippen molar-refractivity contribution >= 4 is 28.1 Å². The zero-order valence-corrected chi connectivity index (χ0v) is 10.1. The Hall–Kier alpha value is -1.43. The Morgan fingerprint density at radius 3 is 2.88 bits per heavy atom. The number of benzene rings is 1. The lowest BCUT2D eigenvalue weighted by Crippen LogP contribution is -2.39. The lowest BCUT2D eigenvalue weighted by molar-refractivity contribution is -0.117. The number of amides is 1. The van der Waals surface area contributed by atoms with Gasteiger partial charge >= 0.3 is 0 Å². The van der Waals surface area contributed by atoms with Gasteiger partial charge in [0.2, 0.25) is 5.91 Å². The molecule has 0 aliphatic carbocycles. The summed E-state index contributed by atoms with van der Waals surface area (Å²) in [5.74, 6) is -0.144. The second-order valence-electron chi connectivity index (χ2n) is 3.94. The lowest BCUT2D eigenvalue weighted by Gasteiger charge is -2.26. The number of carbonyl (C=O) groups is 1. The van der Waals surface area contributed by atoms with Crippen LogP contribution in [-0.4, -0.2) is 28.2 Å². The maximum absolute atomic E-state index is 13.0. The van der Waals surface area contributed by atoms with Gasteiger partial charge < -0.3 is 10.6 Å². The molecule has 1 heterocycles. The van der Waals surface area contributed by atoms with E-state index in [1.807, 2.05) is 0 Å². The summed E-state index contributed by atoms with van der Waals surface area (Å²) in [5, 5.41) is 5.65. The van der Waals surface area contributed by atoms with Gasteiger partial charge in [0.25, 0.3) is 0 Å². The molecule has 2 N–H and O–H groups in total. The predicted octanol–water partition coefficient (Wildman–Crippen LogP) is 1.33. The monoisotopic (exact) mass is 256 g/mol. The van der Waals surface area contributed by atoms with E-state index >= 15 is 0 Å². The van der Waals surface area contributed by atoms with Crippen LogP contribution in [0, 0.1) is 5.82 Å². The third kappa shape index (κ3) is 2.82. The van der Waals surface area contributed by atoms with Gasteiger partial charge in [0.05, 0.1) is 11.4 Å². The van der Waals surface area contributed by atoms with E-state index in [4.69, 9.17) is 0 Å². The highest BCUT2D eigenvalue weighted by Crippen LogP contribution is 2.27. The predicted molar refractivity (Wildman–Crippen MR) is 66.0 cm³/mol. The van der Waals surface area contributed by atoms with Crippen LogP contribution in [0.15, 0.2) is 18.2 Å². The molecule has 1 aromatic rings. The Bertz CT molecular complexity index is 479. The van der Waals surface area contributed by atoms with Crippen LogP contribution in [0.2, 0.25) is 0 Å². The smallest absolute Gasteiger partial charge is 0.246 e. The number of rotatable bonds is 3. The number of fused-ring (bicyclic) bond motifs is 1. The Morgan fingerprint density at radius 1 is 1.41 bits per heavy atom. The van der Waals surface area contributed by atoms with Gasteiger partial charge in [0.15, 0.2) is 0 Å². The van der Waals surface area contributed by atoms with Gasteiger partial charge in [-0.05, 0) is 24.6 Å². The molecule has 4 nitrogen and oxygen atoms in total. The largest absolute Gasteiger partial charge is 0.372 e. The van der Waals surface area contributed by atoms with Crippen LogP contribution in [0.3, 0.4) is 0 Å². The number of hydrogen-bond acceptors (Lipinski definition) is 3. The van der Waals surface area contributed by atoms with Crippen molar-refractivity contribution in [2.45, 2.75) is 12.5 Å². The molecule has 0 radical (unpaired) electrons. The summed E-state index contributed by atoms with van der Waals surface area (Å²) in [6.07, 6.45) is 2.09. The van der Waals surface area contributed by atoms with Crippen molar-refractivity contribution in [3.8, 4) is 0 Å². The molecule has 1 amide bonds. The number of carbonyl (C=O) groups excluding carboxylic acids is 1. The van der Waals surface area contributed by atoms with Crippen LogP contribution in [0.5, 0.6) is 0 Å². The molecule has 1 aliphatic rings. The average molecular weight is 256 g/mol. The van der Waals surface area contributed by atoms with Gasteiger partial charge in [-0.3, -0.25) is 9.00 Å². The van der Waals surface area contributed by atoms with Crippen LogP contribution in [0.1, 0.15) is 6.42 Å². The standard InChI is InChI=1S/C11H13FN2O2S/c1-17(16)5-4-9-11(15)14-10-6-7(12)2-3-8(10)13-9/h2-3,6,9,13H,4-5H2,1H3,(H,14,15). The fraction of sp³-hybridized carbons (Fsp3) is 0.364. The summed E-state index contributed by atoms with van der Waals surface area (Å²) in [7, 11) is -0.924. The topological polar surface area (TPSA) is 58.2 Å². The van der Waals surface area contributed by atoms with Crippen molar-refractivity contribution in [1.82, 2.24) is 0 Å². The summed E-state index contributed by atoms with van der Waals surface area (Å²) in [6, 6.07) is 3.78. The van der Waals surface area contributed by atoms with E-state index in [-0.39, 0.29) is 11.7 Å². The molecule has 0 aromatic heterocycles. The van der Waals surface area contributed by atoms with Crippen molar-refractivity contribution in [2.24, 2.45) is 0 Å². The normalized spacial score (nSPS) is 20.1. The second-order valence-corrected chi connectivity index (χ2v) is 5.50. The molecule has 0 saturated heterocycles. The SMILES string of the molecule is CS(=O)CCC1Nc2ccc(F)cc2NC1=O. The maximum Gasteiger partial charge on any atom is 0.246 e. The van der Waals surface area contributed by atoms with E-state index in [1.54, 1.807) is 12.3 Å². The molecule has 1 aliphatic heterocycles. The lowest BCUT2D eigenvalue weighted by atomic mass is 10.1. The molecule has 2 rings (SSSR count).